The maximum Gasteiger partial charge on any atom is 0.283 e. The number of carbonyl (C=O) groups excluding carboxylic acids is 2. The summed E-state index contributed by atoms with van der Waals surface area (Å²) in [5.41, 5.74) is -0.139. The highest BCUT2D eigenvalue weighted by Crippen LogP contribution is 2.40. The molecular formula is C31H17Cl3F2N2O5S3. The molecule has 0 fully saturated rings. The number of anilines is 2. The van der Waals surface area contributed by atoms with E-state index in [0.717, 1.165) is 28.7 Å². The predicted octanol–water partition coefficient (Wildman–Crippen LogP) is 9.65. The van der Waals surface area contributed by atoms with Crippen LogP contribution in [0, 0.1) is 11.6 Å². The number of hydrogen-bond acceptors (Lipinski definition) is 7. The number of halogens is 5. The van der Waals surface area contributed by atoms with Gasteiger partial charge >= 0.3 is 0 Å². The Morgan fingerprint density at radius 3 is 1.93 bits per heavy atom. The summed E-state index contributed by atoms with van der Waals surface area (Å²) in [7, 11) is -3.29. The minimum Gasteiger partial charge on any atom is -0.497 e. The number of ether oxygens (including phenoxy) is 1. The molecule has 2 amide bonds. The first-order chi connectivity index (χ1) is 21.9. The van der Waals surface area contributed by atoms with E-state index in [1.807, 2.05) is 0 Å². The average Bonchev–Trinajstić information content (AvgIpc) is 3.53. The molecule has 2 heterocycles. The smallest absolute Gasteiger partial charge is 0.283 e. The first kappa shape index (κ1) is 32.2. The van der Waals surface area contributed by atoms with Gasteiger partial charge in [-0.2, -0.15) is 4.31 Å². The van der Waals surface area contributed by atoms with Gasteiger partial charge in [0.2, 0.25) is 0 Å². The highest BCUT2D eigenvalue weighted by Gasteiger charge is 2.35. The molecule has 0 unspecified atom stereocenters. The Balaban J connectivity index is 1.42. The lowest BCUT2D eigenvalue weighted by Gasteiger charge is -2.23. The van der Waals surface area contributed by atoms with Gasteiger partial charge in [-0.05, 0) is 78.9 Å². The SMILES string of the molecule is COc1ccc(N(C(=O)c2sc3cc(F)ccc3c2Cl)S(=O)(=O)c2ccc(Cl)c(NC(=O)c3sc4cc(F)ccc4c3Cl)c2)cc1. The van der Waals surface area contributed by atoms with Crippen LogP contribution >= 0.6 is 57.5 Å². The van der Waals surface area contributed by atoms with Crippen LogP contribution in [-0.4, -0.2) is 27.3 Å². The van der Waals surface area contributed by atoms with Crippen LogP contribution in [0.25, 0.3) is 20.2 Å². The van der Waals surface area contributed by atoms with Gasteiger partial charge in [0, 0.05) is 20.2 Å². The standard InChI is InChI=1S/C31H17Cl3F2N2O5S3/c1-43-18-6-4-17(5-7-18)38(31(40)29-27(34)21-10-3-16(36)13-25(21)45-29)46(41,42)19-8-11-22(32)23(14-19)37-30(39)28-26(33)20-9-2-15(35)12-24(20)44-28/h2-14H,1H3,(H,37,39). The summed E-state index contributed by atoms with van der Waals surface area (Å²) in [6, 6.07) is 16.9. The summed E-state index contributed by atoms with van der Waals surface area (Å²) in [6.45, 7) is 0. The van der Waals surface area contributed by atoms with E-state index in [1.54, 1.807) is 0 Å². The zero-order chi connectivity index (χ0) is 32.9. The lowest BCUT2D eigenvalue weighted by Crippen LogP contribution is -2.36. The topological polar surface area (TPSA) is 92.8 Å². The van der Waals surface area contributed by atoms with Crippen LogP contribution in [0.5, 0.6) is 5.75 Å². The summed E-state index contributed by atoms with van der Waals surface area (Å²) in [5.74, 6) is -2.36. The Morgan fingerprint density at radius 2 is 1.35 bits per heavy atom. The molecule has 0 radical (unpaired) electrons. The van der Waals surface area contributed by atoms with Crippen LogP contribution in [0.15, 0.2) is 83.8 Å². The molecule has 7 nitrogen and oxygen atoms in total. The van der Waals surface area contributed by atoms with Crippen molar-refractivity contribution in [2.24, 2.45) is 0 Å². The van der Waals surface area contributed by atoms with Crippen LogP contribution < -0.4 is 14.4 Å². The van der Waals surface area contributed by atoms with Crippen LogP contribution in [-0.2, 0) is 10.0 Å². The molecule has 0 aliphatic heterocycles. The quantitative estimate of drug-likeness (QED) is 0.176. The molecule has 6 aromatic rings. The van der Waals surface area contributed by atoms with Crippen molar-refractivity contribution in [3.63, 3.8) is 0 Å². The van der Waals surface area contributed by atoms with E-state index < -0.39 is 38.4 Å². The Bertz CT molecular complexity index is 2310. The van der Waals surface area contributed by atoms with Gasteiger partial charge in [-0.1, -0.05) is 34.8 Å². The number of benzene rings is 4. The lowest BCUT2D eigenvalue weighted by molar-refractivity contribution is 0.101. The molecule has 0 bridgehead atoms. The van der Waals surface area contributed by atoms with E-state index >= 15 is 0 Å². The minimum atomic E-state index is -4.71. The number of nitrogens with zero attached hydrogens (tertiary/aromatic N) is 1. The van der Waals surface area contributed by atoms with Crippen molar-refractivity contribution in [2.75, 3.05) is 16.7 Å². The van der Waals surface area contributed by atoms with Gasteiger partial charge < -0.3 is 10.1 Å². The van der Waals surface area contributed by atoms with E-state index in [4.69, 9.17) is 39.5 Å². The van der Waals surface area contributed by atoms with Crippen molar-refractivity contribution in [3.8, 4) is 5.75 Å². The fourth-order valence-electron chi connectivity index (χ4n) is 4.58. The van der Waals surface area contributed by atoms with Crippen molar-refractivity contribution in [2.45, 2.75) is 4.90 Å². The van der Waals surface area contributed by atoms with Crippen molar-refractivity contribution >= 4 is 111 Å². The van der Waals surface area contributed by atoms with Gasteiger partial charge in [0.25, 0.3) is 21.8 Å². The summed E-state index contributed by atoms with van der Waals surface area (Å²) in [4.78, 5) is 26.8. The summed E-state index contributed by atoms with van der Waals surface area (Å²) < 4.78 is 62.8. The third-order valence-electron chi connectivity index (χ3n) is 6.80. The van der Waals surface area contributed by atoms with E-state index in [9.17, 15) is 26.8 Å². The second-order valence-electron chi connectivity index (χ2n) is 9.64. The predicted molar refractivity (Wildman–Crippen MR) is 180 cm³/mol. The average molecular weight is 738 g/mol. The molecule has 0 aliphatic rings. The second-order valence-corrected chi connectivity index (χ2v) is 14.7. The maximum absolute atomic E-state index is 14.3. The zero-order valence-corrected chi connectivity index (χ0v) is 27.8. The number of fused-ring (bicyclic) bond motifs is 2. The van der Waals surface area contributed by atoms with Gasteiger partial charge in [0.1, 0.15) is 27.1 Å². The molecule has 6 rings (SSSR count). The molecule has 4 aromatic carbocycles. The van der Waals surface area contributed by atoms with E-state index in [0.29, 0.717) is 30.2 Å². The van der Waals surface area contributed by atoms with Crippen LogP contribution in [0.3, 0.4) is 0 Å². The molecule has 0 aliphatic carbocycles. The Morgan fingerprint density at radius 1 is 0.783 bits per heavy atom. The molecule has 0 spiro atoms. The van der Waals surface area contributed by atoms with Crippen LogP contribution in [0.2, 0.25) is 15.1 Å². The highest BCUT2D eigenvalue weighted by molar-refractivity contribution is 7.93. The zero-order valence-electron chi connectivity index (χ0n) is 23.1. The van der Waals surface area contributed by atoms with E-state index in [2.05, 4.69) is 5.32 Å². The summed E-state index contributed by atoms with van der Waals surface area (Å²) >= 11 is 21.1. The van der Waals surface area contributed by atoms with Crippen molar-refractivity contribution < 1.29 is 31.5 Å². The van der Waals surface area contributed by atoms with Crippen molar-refractivity contribution in [3.05, 3.63) is 115 Å². The number of carbonyl (C=O) groups is 2. The second kappa shape index (κ2) is 12.4. The van der Waals surface area contributed by atoms with Crippen LogP contribution in [0.1, 0.15) is 19.3 Å². The molecule has 2 aromatic heterocycles. The van der Waals surface area contributed by atoms with Gasteiger partial charge in [-0.3, -0.25) is 9.59 Å². The molecule has 0 saturated heterocycles. The number of rotatable bonds is 7. The normalized spacial score (nSPS) is 11.6. The molecule has 0 saturated carbocycles. The highest BCUT2D eigenvalue weighted by atomic mass is 35.5. The van der Waals surface area contributed by atoms with Crippen molar-refractivity contribution in [1.82, 2.24) is 0 Å². The first-order valence-electron chi connectivity index (χ1n) is 13.0. The number of amides is 2. The van der Waals surface area contributed by atoms with Gasteiger partial charge in [0.15, 0.2) is 0 Å². The summed E-state index contributed by atoms with van der Waals surface area (Å²) in [6.07, 6.45) is 0. The van der Waals surface area contributed by atoms with E-state index in [1.165, 1.54) is 79.9 Å². The molecule has 1 N–H and O–H groups in total. The molecule has 46 heavy (non-hydrogen) atoms. The molecule has 15 heteroatoms. The van der Waals surface area contributed by atoms with Gasteiger partial charge in [-0.15, -0.1) is 22.7 Å². The molecule has 0 atom stereocenters. The Hall–Kier alpha value is -3.78. The number of nitrogens with one attached hydrogen (secondary N) is 1. The fraction of sp³-hybridized carbons (Fsp3) is 0.0323. The number of thiophene rings is 2. The van der Waals surface area contributed by atoms with Gasteiger partial charge in [0.05, 0.1) is 38.4 Å². The van der Waals surface area contributed by atoms with Crippen LogP contribution in [0.4, 0.5) is 20.2 Å². The first-order valence-corrected chi connectivity index (χ1v) is 17.2. The largest absolute Gasteiger partial charge is 0.497 e. The maximum atomic E-state index is 14.3. The van der Waals surface area contributed by atoms with Gasteiger partial charge in [-0.25, -0.2) is 17.2 Å². The monoisotopic (exact) mass is 736 g/mol. The molecular weight excluding hydrogens is 721 g/mol. The number of methoxy groups -OCH3 is 1. The van der Waals surface area contributed by atoms with Crippen molar-refractivity contribution in [1.29, 1.82) is 0 Å². The summed E-state index contributed by atoms with van der Waals surface area (Å²) in [5, 5.41) is 3.46. The third-order valence-corrected chi connectivity index (χ3v) is 12.1. The third kappa shape index (κ3) is 5.81. The Labute approximate surface area is 283 Å². The molecule has 234 valence electrons. The number of hydrogen-bond donors (Lipinski definition) is 1. The lowest BCUT2D eigenvalue weighted by atomic mass is 10.2. The minimum absolute atomic E-state index is 0.00696. The number of sulfonamides is 1. The Kier molecular flexibility index (Phi) is 8.70. The fourth-order valence-corrected chi connectivity index (χ4v) is 9.13. The van der Waals surface area contributed by atoms with E-state index in [-0.39, 0.29) is 36.2 Å².